The van der Waals surface area contributed by atoms with Crippen LogP contribution >= 0.6 is 34.4 Å². The maximum atomic E-state index is 13.3. The molecule has 0 saturated carbocycles. The number of aromatic nitrogens is 2. The molecule has 2 aliphatic rings. The van der Waals surface area contributed by atoms with E-state index in [0.29, 0.717) is 20.8 Å². The number of ketones is 4. The normalized spacial score (nSPS) is 13.5. The van der Waals surface area contributed by atoms with Gasteiger partial charge in [0.1, 0.15) is 23.2 Å². The summed E-state index contributed by atoms with van der Waals surface area (Å²) in [6, 6.07) is 12.6. The van der Waals surface area contributed by atoms with Crippen molar-refractivity contribution in [2.75, 3.05) is 0 Å². The van der Waals surface area contributed by atoms with E-state index in [1.54, 1.807) is 0 Å². The average molecular weight is 661 g/mol. The van der Waals surface area contributed by atoms with E-state index in [2.05, 4.69) is 18.4 Å². The number of benzene rings is 3. The number of hydrogen-bond acceptors (Lipinski definition) is 11. The van der Waals surface area contributed by atoms with Crippen molar-refractivity contribution in [3.63, 3.8) is 0 Å². The first kappa shape index (κ1) is 28.0. The number of carbonyl (C=O) groups excluding carboxylic acids is 4. The molecule has 0 spiro atoms. The monoisotopic (exact) mass is 660 g/mol. The second-order valence-electron chi connectivity index (χ2n) is 10.5. The van der Waals surface area contributed by atoms with E-state index in [1.165, 1.54) is 59.1 Å². The number of hydrogen-bond donors (Lipinski definition) is 0. The number of Topliss-reactive ketones (excluding diaryl/α,β-unsaturated/α-hetero) is 4. The lowest BCUT2D eigenvalue weighted by Gasteiger charge is -1.98. The molecular weight excluding hydrogens is 653 g/mol. The fraction of sp³-hybridized carbons (Fsp3) is 0. The molecule has 3 aromatic heterocycles. The second kappa shape index (κ2) is 10.0. The van der Waals surface area contributed by atoms with E-state index < -0.39 is 23.1 Å². The van der Waals surface area contributed by atoms with Crippen LogP contribution in [0, 0.1) is 35.8 Å². The summed E-state index contributed by atoms with van der Waals surface area (Å²) in [5.74, 6) is -2.10. The molecule has 6 aromatic rings. The number of fused-ring (bicyclic) bond motifs is 8. The third-order valence-corrected chi connectivity index (χ3v) is 10.8. The van der Waals surface area contributed by atoms with Crippen molar-refractivity contribution in [2.24, 2.45) is 0 Å². The Hall–Kier alpha value is -6.48. The van der Waals surface area contributed by atoms with Crippen molar-refractivity contribution in [1.29, 1.82) is 10.5 Å². The van der Waals surface area contributed by atoms with Gasteiger partial charge in [0.05, 0.1) is 56.5 Å². The first-order chi connectivity index (χ1) is 22.8. The van der Waals surface area contributed by atoms with Gasteiger partial charge in [-0.25, -0.2) is 0 Å². The Morgan fingerprint density at radius 1 is 0.617 bits per heavy atom. The highest BCUT2D eigenvalue weighted by molar-refractivity contribution is 7.28. The number of nitrogens with zero attached hydrogens (tertiary/aromatic N) is 6. The Kier molecular flexibility index (Phi) is 5.97. The highest BCUT2D eigenvalue weighted by Gasteiger charge is 2.36. The number of nitriles is 2. The Labute approximate surface area is 275 Å². The molecule has 0 fully saturated rings. The van der Waals surface area contributed by atoms with Crippen LogP contribution in [0.5, 0.6) is 0 Å². The second-order valence-corrected chi connectivity index (χ2v) is 13.2. The van der Waals surface area contributed by atoms with Crippen molar-refractivity contribution in [2.45, 2.75) is 0 Å². The summed E-state index contributed by atoms with van der Waals surface area (Å²) in [5, 5.41) is 20.3. The lowest BCUT2D eigenvalue weighted by molar-refractivity contribution is 0.0975. The topological polar surface area (TPSA) is 150 Å². The highest BCUT2D eigenvalue weighted by atomic mass is 32.1. The fourth-order valence-corrected chi connectivity index (χ4v) is 8.76. The van der Waals surface area contributed by atoms with Crippen LogP contribution < -0.4 is 0 Å². The maximum Gasteiger partial charge on any atom is 0.197 e. The standard InChI is InChI=1S/C34H8N6O4S3/c1-37-25-9-19-20(10-26(25)38-2)32(44)24(31(19)43)8-16-6-22-28-27(39-47-40-28)21-5-15(45-33(21)34(22)46-16)7-23-29(41)17-3-13(11-35)14(12-36)4-18(17)30(23)42/h3-10H. The molecule has 216 valence electrons. The molecule has 13 heteroatoms. The number of carbonyl (C=O) groups is 4. The quantitative estimate of drug-likeness (QED) is 0.103. The molecule has 0 saturated heterocycles. The van der Waals surface area contributed by atoms with Crippen molar-refractivity contribution < 1.29 is 19.2 Å². The van der Waals surface area contributed by atoms with Crippen molar-refractivity contribution in [3.05, 3.63) is 114 Å². The van der Waals surface area contributed by atoms with Crippen LogP contribution in [-0.2, 0) is 0 Å². The van der Waals surface area contributed by atoms with E-state index in [0.717, 1.165) is 31.9 Å². The van der Waals surface area contributed by atoms with Crippen LogP contribution in [0.2, 0.25) is 0 Å². The smallest absolute Gasteiger partial charge is 0.197 e. The van der Waals surface area contributed by atoms with Gasteiger partial charge in [-0.2, -0.15) is 19.3 Å². The van der Waals surface area contributed by atoms with Gasteiger partial charge in [0.2, 0.25) is 0 Å². The summed E-state index contributed by atoms with van der Waals surface area (Å²) in [5.41, 5.74) is 1.51. The Balaban J connectivity index is 1.25. The maximum absolute atomic E-state index is 13.3. The van der Waals surface area contributed by atoms with Gasteiger partial charge in [0, 0.05) is 42.8 Å². The molecule has 3 heterocycles. The summed E-state index contributed by atoms with van der Waals surface area (Å²) in [6.07, 6.45) is 3.01. The van der Waals surface area contributed by atoms with Crippen LogP contribution in [0.25, 0.3) is 53.0 Å². The first-order valence-electron chi connectivity index (χ1n) is 13.4. The molecule has 0 bridgehead atoms. The van der Waals surface area contributed by atoms with Crippen LogP contribution in [0.1, 0.15) is 62.3 Å². The van der Waals surface area contributed by atoms with Gasteiger partial charge >= 0.3 is 0 Å². The van der Waals surface area contributed by atoms with Gasteiger partial charge in [-0.15, -0.1) is 22.7 Å². The van der Waals surface area contributed by atoms with Gasteiger partial charge in [0.25, 0.3) is 0 Å². The zero-order valence-electron chi connectivity index (χ0n) is 23.2. The largest absolute Gasteiger partial charge is 0.288 e. The minimum Gasteiger partial charge on any atom is -0.288 e. The molecule has 0 aliphatic heterocycles. The predicted molar refractivity (Wildman–Crippen MR) is 176 cm³/mol. The van der Waals surface area contributed by atoms with Crippen molar-refractivity contribution in [1.82, 2.24) is 8.75 Å². The third-order valence-electron chi connectivity index (χ3n) is 7.99. The summed E-state index contributed by atoms with van der Waals surface area (Å²) in [7, 11) is 0. The van der Waals surface area contributed by atoms with E-state index >= 15 is 0 Å². The first-order valence-corrected chi connectivity index (χ1v) is 15.8. The van der Waals surface area contributed by atoms with E-state index in [1.807, 2.05) is 24.3 Å². The van der Waals surface area contributed by atoms with E-state index in [9.17, 15) is 29.7 Å². The molecule has 8 rings (SSSR count). The molecule has 47 heavy (non-hydrogen) atoms. The highest BCUT2D eigenvalue weighted by Crippen LogP contribution is 2.45. The summed E-state index contributed by atoms with van der Waals surface area (Å²) < 4.78 is 10.6. The minimum atomic E-state index is -0.530. The third kappa shape index (κ3) is 3.89. The molecular formula is C34H8N6O4S3. The van der Waals surface area contributed by atoms with Gasteiger partial charge in [-0.05, 0) is 36.4 Å². The average Bonchev–Trinajstić information content (AvgIpc) is 3.90. The van der Waals surface area contributed by atoms with Crippen LogP contribution in [-0.4, -0.2) is 31.9 Å². The zero-order chi connectivity index (χ0) is 32.7. The fourth-order valence-electron chi connectivity index (χ4n) is 5.82. The van der Waals surface area contributed by atoms with Crippen molar-refractivity contribution >= 4 is 112 Å². The number of thiophene rings is 2. The van der Waals surface area contributed by atoms with Gasteiger partial charge in [0.15, 0.2) is 34.5 Å². The molecule has 3 aromatic carbocycles. The Morgan fingerprint density at radius 3 is 1.36 bits per heavy atom. The molecule has 0 N–H and O–H groups in total. The molecule has 0 radical (unpaired) electrons. The Morgan fingerprint density at radius 2 is 1.00 bits per heavy atom. The molecule has 2 aliphatic carbocycles. The van der Waals surface area contributed by atoms with Crippen LogP contribution in [0.15, 0.2) is 47.5 Å². The van der Waals surface area contributed by atoms with Crippen LogP contribution in [0.4, 0.5) is 11.4 Å². The van der Waals surface area contributed by atoms with E-state index in [-0.39, 0.29) is 55.9 Å². The summed E-state index contributed by atoms with van der Waals surface area (Å²) in [6.45, 7) is 14.7. The van der Waals surface area contributed by atoms with E-state index in [4.69, 9.17) is 13.1 Å². The summed E-state index contributed by atoms with van der Waals surface area (Å²) in [4.78, 5) is 60.9. The summed E-state index contributed by atoms with van der Waals surface area (Å²) >= 11 is 3.70. The lowest BCUT2D eigenvalue weighted by atomic mass is 10.0. The molecule has 10 nitrogen and oxygen atoms in total. The van der Waals surface area contributed by atoms with Crippen LogP contribution in [0.3, 0.4) is 0 Å². The Bertz CT molecular complexity index is 2520. The predicted octanol–water partition coefficient (Wildman–Crippen LogP) is 7.89. The SMILES string of the molecule is [C-]#[N+]c1cc2c(cc1[N+]#[C-])C(=O)C(=Cc1cc3c4nsnc4c4cc(C=C5C(=O)c6cc(C#N)c(C#N)cc6C5=O)sc4c3s1)C2=O. The number of rotatable bonds is 2. The van der Waals surface area contributed by atoms with Crippen molar-refractivity contribution in [3.8, 4) is 12.1 Å². The number of allylic oxidation sites excluding steroid dienone is 2. The minimum absolute atomic E-state index is 0.0102. The lowest BCUT2D eigenvalue weighted by Crippen LogP contribution is -1.99. The van der Waals surface area contributed by atoms with Gasteiger partial charge in [-0.3, -0.25) is 28.9 Å². The molecule has 0 atom stereocenters. The zero-order valence-corrected chi connectivity index (χ0v) is 25.6. The van der Waals surface area contributed by atoms with Gasteiger partial charge in [-0.1, -0.05) is 12.1 Å². The molecule has 0 unspecified atom stereocenters. The molecule has 0 amide bonds. The van der Waals surface area contributed by atoms with Gasteiger partial charge < -0.3 is 0 Å².